The van der Waals surface area contributed by atoms with E-state index in [1.54, 1.807) is 13.3 Å². The Hall–Kier alpha value is -0.610. The van der Waals surface area contributed by atoms with Crippen LogP contribution in [0.5, 0.6) is 5.19 Å². The molecule has 0 unspecified atom stereocenters. The molecule has 0 aliphatic heterocycles. The van der Waals surface area contributed by atoms with E-state index in [0.717, 1.165) is 4.88 Å². The third-order valence-electron chi connectivity index (χ3n) is 1.13. The summed E-state index contributed by atoms with van der Waals surface area (Å²) in [5, 5.41) is 0.673. The normalized spacial score (nSPS) is 13.1. The van der Waals surface area contributed by atoms with Crippen LogP contribution in [0, 0.1) is 0 Å². The fourth-order valence-corrected chi connectivity index (χ4v) is 1.26. The van der Waals surface area contributed by atoms with Crippen LogP contribution in [0.15, 0.2) is 6.20 Å². The van der Waals surface area contributed by atoms with E-state index in [2.05, 4.69) is 4.98 Å². The Morgan fingerprint density at radius 1 is 1.80 bits per heavy atom. The topological polar surface area (TPSA) is 48.1 Å². The van der Waals surface area contributed by atoms with Crippen molar-refractivity contribution in [2.45, 2.75) is 13.0 Å². The van der Waals surface area contributed by atoms with E-state index < -0.39 is 0 Å². The van der Waals surface area contributed by atoms with Gasteiger partial charge in [-0.3, -0.25) is 0 Å². The van der Waals surface area contributed by atoms with Gasteiger partial charge < -0.3 is 10.5 Å². The van der Waals surface area contributed by atoms with Crippen LogP contribution in [0.3, 0.4) is 0 Å². The molecule has 1 aromatic rings. The first-order valence-corrected chi connectivity index (χ1v) is 3.81. The molecule has 2 N–H and O–H groups in total. The molecule has 0 saturated carbocycles. The summed E-state index contributed by atoms with van der Waals surface area (Å²) in [6.07, 6.45) is 1.74. The van der Waals surface area contributed by atoms with E-state index in [4.69, 9.17) is 10.5 Å². The Labute approximate surface area is 63.8 Å². The van der Waals surface area contributed by atoms with Gasteiger partial charge in [0.25, 0.3) is 5.19 Å². The molecule has 1 aromatic heterocycles. The second kappa shape index (κ2) is 2.98. The molecule has 3 nitrogen and oxygen atoms in total. The molecule has 56 valence electrons. The summed E-state index contributed by atoms with van der Waals surface area (Å²) in [6.45, 7) is 1.92. The van der Waals surface area contributed by atoms with Gasteiger partial charge in [0.05, 0.1) is 7.11 Å². The lowest BCUT2D eigenvalue weighted by Gasteiger charge is -1.95. The number of aromatic nitrogens is 1. The van der Waals surface area contributed by atoms with Crippen LogP contribution in [0.4, 0.5) is 0 Å². The van der Waals surface area contributed by atoms with Gasteiger partial charge in [-0.15, -0.1) is 0 Å². The summed E-state index contributed by atoms with van der Waals surface area (Å²) in [5.74, 6) is 0. The summed E-state index contributed by atoms with van der Waals surface area (Å²) >= 11 is 1.48. The lowest BCUT2D eigenvalue weighted by atomic mass is 10.3. The summed E-state index contributed by atoms with van der Waals surface area (Å²) in [7, 11) is 1.60. The van der Waals surface area contributed by atoms with Gasteiger partial charge in [0.15, 0.2) is 0 Å². The first-order chi connectivity index (χ1) is 4.74. The number of thiazole rings is 1. The van der Waals surface area contributed by atoms with Crippen LogP contribution in [0.2, 0.25) is 0 Å². The summed E-state index contributed by atoms with van der Waals surface area (Å²) in [6, 6.07) is 0.0569. The average molecular weight is 158 g/mol. The molecule has 0 bridgehead atoms. The Balaban J connectivity index is 2.78. The fraction of sp³-hybridized carbons (Fsp3) is 0.500. The van der Waals surface area contributed by atoms with Crippen LogP contribution in [0.1, 0.15) is 17.8 Å². The van der Waals surface area contributed by atoms with Crippen LogP contribution >= 0.6 is 11.3 Å². The zero-order valence-corrected chi connectivity index (χ0v) is 6.81. The minimum atomic E-state index is 0.0569. The Morgan fingerprint density at radius 3 is 2.80 bits per heavy atom. The van der Waals surface area contributed by atoms with Gasteiger partial charge in [-0.05, 0) is 6.92 Å². The second-order valence-corrected chi connectivity index (χ2v) is 3.05. The SMILES string of the molecule is COc1ncc([C@H](C)N)s1. The van der Waals surface area contributed by atoms with Crippen molar-refractivity contribution in [1.29, 1.82) is 0 Å². The molecule has 0 radical (unpaired) electrons. The molecule has 0 spiro atoms. The molecule has 0 amide bonds. The highest BCUT2D eigenvalue weighted by molar-refractivity contribution is 7.13. The second-order valence-electron chi connectivity index (χ2n) is 2.02. The van der Waals surface area contributed by atoms with E-state index in [-0.39, 0.29) is 6.04 Å². The average Bonchev–Trinajstić information content (AvgIpc) is 2.34. The van der Waals surface area contributed by atoms with Crippen molar-refractivity contribution < 1.29 is 4.74 Å². The molecule has 0 aliphatic carbocycles. The zero-order chi connectivity index (χ0) is 7.56. The molecule has 0 fully saturated rings. The molecule has 10 heavy (non-hydrogen) atoms. The first-order valence-electron chi connectivity index (χ1n) is 2.99. The quantitative estimate of drug-likeness (QED) is 0.702. The molecule has 1 atom stereocenters. The third kappa shape index (κ3) is 1.46. The minimum absolute atomic E-state index is 0.0569. The molecular weight excluding hydrogens is 148 g/mol. The third-order valence-corrected chi connectivity index (χ3v) is 2.29. The number of rotatable bonds is 2. The van der Waals surface area contributed by atoms with E-state index >= 15 is 0 Å². The van der Waals surface area contributed by atoms with Gasteiger partial charge in [0, 0.05) is 17.1 Å². The molecule has 1 heterocycles. The van der Waals surface area contributed by atoms with Crippen molar-refractivity contribution in [2.75, 3.05) is 7.11 Å². The molecule has 1 rings (SSSR count). The van der Waals surface area contributed by atoms with Crippen molar-refractivity contribution in [3.8, 4) is 5.19 Å². The Bertz CT molecular complexity index is 209. The lowest BCUT2D eigenvalue weighted by molar-refractivity contribution is 0.412. The summed E-state index contributed by atoms with van der Waals surface area (Å²) < 4.78 is 4.90. The molecular formula is C6H10N2OS. The lowest BCUT2D eigenvalue weighted by Crippen LogP contribution is -2.01. The van der Waals surface area contributed by atoms with Crippen LogP contribution in [0.25, 0.3) is 0 Å². The summed E-state index contributed by atoms with van der Waals surface area (Å²) in [4.78, 5) is 5.02. The maximum atomic E-state index is 5.60. The van der Waals surface area contributed by atoms with E-state index in [1.165, 1.54) is 11.3 Å². The highest BCUT2D eigenvalue weighted by Crippen LogP contribution is 2.23. The van der Waals surface area contributed by atoms with Crippen molar-refractivity contribution in [3.05, 3.63) is 11.1 Å². The fourth-order valence-electron chi connectivity index (χ4n) is 0.575. The van der Waals surface area contributed by atoms with Gasteiger partial charge >= 0.3 is 0 Å². The minimum Gasteiger partial charge on any atom is -0.473 e. The maximum Gasteiger partial charge on any atom is 0.273 e. The van der Waals surface area contributed by atoms with Gasteiger partial charge in [0.2, 0.25) is 0 Å². The monoisotopic (exact) mass is 158 g/mol. The molecule has 0 aliphatic rings. The number of methoxy groups -OCH3 is 1. The molecule has 0 saturated heterocycles. The van der Waals surface area contributed by atoms with Crippen molar-refractivity contribution >= 4 is 11.3 Å². The first kappa shape index (κ1) is 7.50. The standard InChI is InChI=1S/C6H10N2OS/c1-4(7)5-3-8-6(9-2)10-5/h3-4H,7H2,1-2H3/t4-/m0/s1. The zero-order valence-electron chi connectivity index (χ0n) is 6.00. The predicted molar refractivity (Wildman–Crippen MR) is 41.3 cm³/mol. The highest BCUT2D eigenvalue weighted by atomic mass is 32.1. The predicted octanol–water partition coefficient (Wildman–Crippen LogP) is 1.17. The van der Waals surface area contributed by atoms with E-state index in [9.17, 15) is 0 Å². The van der Waals surface area contributed by atoms with Gasteiger partial charge in [-0.25, -0.2) is 4.98 Å². The number of nitrogens with two attached hydrogens (primary N) is 1. The number of hydrogen-bond acceptors (Lipinski definition) is 4. The highest BCUT2D eigenvalue weighted by Gasteiger charge is 2.04. The van der Waals surface area contributed by atoms with Crippen molar-refractivity contribution in [1.82, 2.24) is 4.98 Å². The Morgan fingerprint density at radius 2 is 2.50 bits per heavy atom. The smallest absolute Gasteiger partial charge is 0.273 e. The van der Waals surface area contributed by atoms with E-state index in [0.29, 0.717) is 5.19 Å². The largest absolute Gasteiger partial charge is 0.473 e. The number of hydrogen-bond donors (Lipinski definition) is 1. The van der Waals surface area contributed by atoms with Gasteiger partial charge in [-0.1, -0.05) is 11.3 Å². The number of nitrogens with zero attached hydrogens (tertiary/aromatic N) is 1. The van der Waals surface area contributed by atoms with Crippen molar-refractivity contribution in [3.63, 3.8) is 0 Å². The van der Waals surface area contributed by atoms with Gasteiger partial charge in [0.1, 0.15) is 0 Å². The number of ether oxygens (including phenoxy) is 1. The van der Waals surface area contributed by atoms with Crippen LogP contribution in [-0.4, -0.2) is 12.1 Å². The van der Waals surface area contributed by atoms with Crippen molar-refractivity contribution in [2.24, 2.45) is 5.73 Å². The van der Waals surface area contributed by atoms with Crippen LogP contribution in [-0.2, 0) is 0 Å². The van der Waals surface area contributed by atoms with Gasteiger partial charge in [-0.2, -0.15) is 0 Å². The van der Waals surface area contributed by atoms with Crippen LogP contribution < -0.4 is 10.5 Å². The molecule has 0 aromatic carbocycles. The summed E-state index contributed by atoms with van der Waals surface area (Å²) in [5.41, 5.74) is 5.60. The Kier molecular flexibility index (Phi) is 2.24. The maximum absolute atomic E-state index is 5.60. The van der Waals surface area contributed by atoms with E-state index in [1.807, 2.05) is 6.92 Å². The molecule has 4 heteroatoms.